The van der Waals surface area contributed by atoms with Gasteiger partial charge in [-0.1, -0.05) is 19.9 Å². The van der Waals surface area contributed by atoms with Crippen molar-refractivity contribution in [1.29, 1.82) is 0 Å². The number of nitro groups is 1. The standard InChI is InChI=1S/C18H21N3O6S/c1-4-20(5-2)28(25,26)15-8-6-7-13(11-15)18(22)19-16-12-14(21(23)24)9-10-17(16)27-3/h6-12H,4-5H2,1-3H3,(H,19,22). The molecule has 0 radical (unpaired) electrons. The lowest BCUT2D eigenvalue weighted by molar-refractivity contribution is -0.384. The van der Waals surface area contributed by atoms with Crippen molar-refractivity contribution in [1.82, 2.24) is 4.31 Å². The van der Waals surface area contributed by atoms with Gasteiger partial charge in [-0.15, -0.1) is 0 Å². The van der Waals surface area contributed by atoms with Crippen LogP contribution in [0, 0.1) is 10.1 Å². The van der Waals surface area contributed by atoms with Crippen LogP contribution in [0.2, 0.25) is 0 Å². The van der Waals surface area contributed by atoms with Crippen molar-refractivity contribution in [3.63, 3.8) is 0 Å². The fraction of sp³-hybridized carbons (Fsp3) is 0.278. The number of hydrogen-bond donors (Lipinski definition) is 1. The molecule has 0 atom stereocenters. The van der Waals surface area contributed by atoms with Crippen molar-refractivity contribution in [3.8, 4) is 5.75 Å². The summed E-state index contributed by atoms with van der Waals surface area (Å²) < 4.78 is 31.7. The zero-order chi connectivity index (χ0) is 20.9. The number of nitrogens with zero attached hydrogens (tertiary/aromatic N) is 2. The van der Waals surface area contributed by atoms with Crippen LogP contribution in [0.1, 0.15) is 24.2 Å². The van der Waals surface area contributed by atoms with E-state index in [-0.39, 0.29) is 27.6 Å². The smallest absolute Gasteiger partial charge is 0.271 e. The lowest BCUT2D eigenvalue weighted by Crippen LogP contribution is -2.30. The van der Waals surface area contributed by atoms with E-state index < -0.39 is 20.9 Å². The number of hydrogen-bond acceptors (Lipinski definition) is 6. The summed E-state index contributed by atoms with van der Waals surface area (Å²) in [6.45, 7) is 4.07. The average molecular weight is 407 g/mol. The molecule has 1 N–H and O–H groups in total. The van der Waals surface area contributed by atoms with Gasteiger partial charge in [0.1, 0.15) is 5.75 Å². The van der Waals surface area contributed by atoms with Gasteiger partial charge in [0.25, 0.3) is 11.6 Å². The molecule has 0 heterocycles. The third-order valence-electron chi connectivity index (χ3n) is 4.08. The van der Waals surface area contributed by atoms with Crippen LogP contribution in [-0.4, -0.2) is 43.8 Å². The van der Waals surface area contributed by atoms with E-state index in [1.165, 1.54) is 53.9 Å². The molecule has 0 aliphatic heterocycles. The molecule has 0 unspecified atom stereocenters. The van der Waals surface area contributed by atoms with Crippen LogP contribution in [0.25, 0.3) is 0 Å². The van der Waals surface area contributed by atoms with Crippen LogP contribution in [0.3, 0.4) is 0 Å². The van der Waals surface area contributed by atoms with Gasteiger partial charge in [0.2, 0.25) is 10.0 Å². The van der Waals surface area contributed by atoms with Crippen LogP contribution in [0.5, 0.6) is 5.75 Å². The van der Waals surface area contributed by atoms with E-state index in [0.29, 0.717) is 13.1 Å². The molecule has 0 aliphatic rings. The van der Waals surface area contributed by atoms with Crippen LogP contribution < -0.4 is 10.1 Å². The molecule has 0 spiro atoms. The molecule has 0 bridgehead atoms. The Morgan fingerprint density at radius 3 is 2.43 bits per heavy atom. The molecule has 0 saturated heterocycles. The number of rotatable bonds is 8. The molecule has 10 heteroatoms. The van der Waals surface area contributed by atoms with E-state index in [9.17, 15) is 23.3 Å². The maximum absolute atomic E-state index is 12.6. The lowest BCUT2D eigenvalue weighted by Gasteiger charge is -2.18. The number of benzene rings is 2. The number of sulfonamides is 1. The second kappa shape index (κ2) is 8.81. The summed E-state index contributed by atoms with van der Waals surface area (Å²) in [4.78, 5) is 23.0. The molecule has 150 valence electrons. The van der Waals surface area contributed by atoms with Crippen molar-refractivity contribution in [2.75, 3.05) is 25.5 Å². The second-order valence-corrected chi connectivity index (χ2v) is 7.65. The minimum Gasteiger partial charge on any atom is -0.495 e. The second-order valence-electron chi connectivity index (χ2n) is 5.71. The van der Waals surface area contributed by atoms with Crippen LogP contribution in [0.4, 0.5) is 11.4 Å². The van der Waals surface area contributed by atoms with Gasteiger partial charge in [-0.2, -0.15) is 4.31 Å². The molecular formula is C18H21N3O6S. The molecule has 0 saturated carbocycles. The first-order valence-electron chi connectivity index (χ1n) is 8.48. The average Bonchev–Trinajstić information content (AvgIpc) is 2.68. The Balaban J connectivity index is 2.37. The summed E-state index contributed by atoms with van der Waals surface area (Å²) in [7, 11) is -2.35. The van der Waals surface area contributed by atoms with Gasteiger partial charge >= 0.3 is 0 Å². The summed E-state index contributed by atoms with van der Waals surface area (Å²) >= 11 is 0. The van der Waals surface area contributed by atoms with Crippen molar-refractivity contribution < 1.29 is 22.9 Å². The highest BCUT2D eigenvalue weighted by atomic mass is 32.2. The highest BCUT2D eigenvalue weighted by Gasteiger charge is 2.23. The Kier molecular flexibility index (Phi) is 6.71. The van der Waals surface area contributed by atoms with Crippen LogP contribution in [-0.2, 0) is 10.0 Å². The van der Waals surface area contributed by atoms with Gasteiger partial charge in [0, 0.05) is 30.8 Å². The van der Waals surface area contributed by atoms with Crippen molar-refractivity contribution in [2.24, 2.45) is 0 Å². The highest BCUT2D eigenvalue weighted by Crippen LogP contribution is 2.29. The van der Waals surface area contributed by atoms with E-state index in [1.807, 2.05) is 0 Å². The third kappa shape index (κ3) is 4.46. The lowest BCUT2D eigenvalue weighted by atomic mass is 10.2. The first-order chi connectivity index (χ1) is 13.2. The fourth-order valence-electron chi connectivity index (χ4n) is 2.61. The first kappa shape index (κ1) is 21.3. The number of ether oxygens (including phenoxy) is 1. The quantitative estimate of drug-likeness (QED) is 0.531. The Morgan fingerprint density at radius 1 is 1.18 bits per heavy atom. The summed E-state index contributed by atoms with van der Waals surface area (Å²) in [5.41, 5.74) is -0.00513. The van der Waals surface area contributed by atoms with E-state index in [2.05, 4.69) is 5.32 Å². The van der Waals surface area contributed by atoms with Crippen LogP contribution >= 0.6 is 0 Å². The number of nitro benzene ring substituents is 1. The minimum absolute atomic E-state index is 0.00476. The summed E-state index contributed by atoms with van der Waals surface area (Å²) in [6, 6.07) is 9.41. The zero-order valence-corrected chi connectivity index (χ0v) is 16.5. The van der Waals surface area contributed by atoms with Gasteiger partial charge in [-0.3, -0.25) is 14.9 Å². The highest BCUT2D eigenvalue weighted by molar-refractivity contribution is 7.89. The fourth-order valence-corrected chi connectivity index (χ4v) is 4.12. The van der Waals surface area contributed by atoms with E-state index in [4.69, 9.17) is 4.74 Å². The van der Waals surface area contributed by atoms with Crippen molar-refractivity contribution in [3.05, 3.63) is 58.1 Å². The van der Waals surface area contributed by atoms with Gasteiger partial charge in [0.15, 0.2) is 0 Å². The van der Waals surface area contributed by atoms with Gasteiger partial charge in [-0.05, 0) is 24.3 Å². The predicted octanol–water partition coefficient (Wildman–Crippen LogP) is 2.89. The van der Waals surface area contributed by atoms with Gasteiger partial charge < -0.3 is 10.1 Å². The molecule has 0 aliphatic carbocycles. The normalized spacial score (nSPS) is 11.3. The zero-order valence-electron chi connectivity index (χ0n) is 15.7. The predicted molar refractivity (Wildman–Crippen MR) is 104 cm³/mol. The number of amides is 1. The molecule has 0 aromatic heterocycles. The number of methoxy groups -OCH3 is 1. The summed E-state index contributed by atoms with van der Waals surface area (Å²) in [5, 5.41) is 13.5. The monoisotopic (exact) mass is 407 g/mol. The third-order valence-corrected chi connectivity index (χ3v) is 6.13. The first-order valence-corrected chi connectivity index (χ1v) is 9.92. The molecule has 2 rings (SSSR count). The molecule has 9 nitrogen and oxygen atoms in total. The van der Waals surface area contributed by atoms with E-state index in [0.717, 1.165) is 0 Å². The number of anilines is 1. The minimum atomic E-state index is -3.72. The SMILES string of the molecule is CCN(CC)S(=O)(=O)c1cccc(C(=O)Nc2cc([N+](=O)[O-])ccc2OC)c1. The molecule has 2 aromatic carbocycles. The van der Waals surface area contributed by atoms with Crippen molar-refractivity contribution >= 4 is 27.3 Å². The molecule has 1 amide bonds. The molecule has 0 fully saturated rings. The van der Waals surface area contributed by atoms with E-state index >= 15 is 0 Å². The maximum atomic E-state index is 12.6. The largest absolute Gasteiger partial charge is 0.495 e. The number of non-ortho nitro benzene ring substituents is 1. The number of carbonyl (C=O) groups excluding carboxylic acids is 1. The topological polar surface area (TPSA) is 119 Å². The maximum Gasteiger partial charge on any atom is 0.271 e. The van der Waals surface area contributed by atoms with Crippen molar-refractivity contribution in [2.45, 2.75) is 18.7 Å². The van der Waals surface area contributed by atoms with Gasteiger partial charge in [0.05, 0.1) is 22.6 Å². The molecule has 28 heavy (non-hydrogen) atoms. The number of carbonyl (C=O) groups is 1. The number of nitrogens with one attached hydrogen (secondary N) is 1. The molecular weight excluding hydrogens is 386 g/mol. The Hall–Kier alpha value is -2.98. The molecule has 2 aromatic rings. The van der Waals surface area contributed by atoms with Gasteiger partial charge in [-0.25, -0.2) is 8.42 Å². The Morgan fingerprint density at radius 2 is 1.86 bits per heavy atom. The van der Waals surface area contributed by atoms with Crippen LogP contribution in [0.15, 0.2) is 47.4 Å². The Labute approximate surface area is 163 Å². The van der Waals surface area contributed by atoms with E-state index in [1.54, 1.807) is 13.8 Å². The summed E-state index contributed by atoms with van der Waals surface area (Å²) in [6.07, 6.45) is 0. The summed E-state index contributed by atoms with van der Waals surface area (Å²) in [5.74, 6) is -0.374. The Bertz CT molecular complexity index is 987.